The van der Waals surface area contributed by atoms with Gasteiger partial charge in [-0.3, -0.25) is 14.5 Å². The third-order valence-corrected chi connectivity index (χ3v) is 6.74. The number of Topliss-reactive ketones (excluding diaryl/α,β-unsaturated/α-hetero) is 1. The molecule has 3 aromatic carbocycles. The van der Waals surface area contributed by atoms with Gasteiger partial charge in [-0.2, -0.15) is 0 Å². The molecule has 1 fully saturated rings. The molecule has 1 aliphatic rings. The zero-order valence-corrected chi connectivity index (χ0v) is 19.6. The van der Waals surface area contributed by atoms with Gasteiger partial charge in [-0.05, 0) is 62.3 Å². The van der Waals surface area contributed by atoms with Crippen molar-refractivity contribution in [2.24, 2.45) is 5.92 Å². The molecule has 3 N–H and O–H groups in total. The number of hydrogen-bond donors (Lipinski definition) is 3. The number of phenols is 3. The number of hydrogen-bond acceptors (Lipinski definition) is 7. The Hall–Kier alpha value is -4.24. The van der Waals surface area contributed by atoms with Crippen LogP contribution in [-0.4, -0.2) is 39.1 Å². The smallest absolute Gasteiger partial charge is 0.201 e. The molecule has 0 spiro atoms. The summed E-state index contributed by atoms with van der Waals surface area (Å²) >= 11 is 0. The number of ketones is 1. The van der Waals surface area contributed by atoms with Crippen molar-refractivity contribution in [1.82, 2.24) is 4.90 Å². The highest BCUT2D eigenvalue weighted by Gasteiger charge is 2.29. The van der Waals surface area contributed by atoms with Crippen molar-refractivity contribution in [2.75, 3.05) is 13.1 Å². The fourth-order valence-corrected chi connectivity index (χ4v) is 4.80. The standard InChI is InChI=1S/C28H23F2NO6/c29-21-3-1-2-19(25(21)30)26(35)15-8-10-31(11-9-15)14-20-27(36)24-22(34)12-18(33)13-23(24)37-28(20)16-4-6-17(32)7-5-16/h1-7,12-13,15,32-34H,8-11,14H2. The monoisotopic (exact) mass is 507 g/mol. The normalized spacial score (nSPS) is 14.8. The van der Waals surface area contributed by atoms with Crippen molar-refractivity contribution in [2.45, 2.75) is 19.4 Å². The first-order valence-corrected chi connectivity index (χ1v) is 11.7. The SMILES string of the molecule is O=C(c1cccc(F)c1F)C1CCN(Cc2c(-c3ccc(O)cc3)oc3cc(O)cc(O)c3c2=O)CC1. The predicted octanol–water partition coefficient (Wildman–Crippen LogP) is 4.95. The third-order valence-electron chi connectivity index (χ3n) is 6.74. The highest BCUT2D eigenvalue weighted by Crippen LogP contribution is 2.34. The molecule has 0 atom stereocenters. The van der Waals surface area contributed by atoms with Crippen LogP contribution in [0.2, 0.25) is 0 Å². The van der Waals surface area contributed by atoms with Crippen LogP contribution < -0.4 is 5.43 Å². The second-order valence-electron chi connectivity index (χ2n) is 9.14. The number of fused-ring (bicyclic) bond motifs is 1. The largest absolute Gasteiger partial charge is 0.508 e. The summed E-state index contributed by atoms with van der Waals surface area (Å²) in [5.74, 6) is -3.56. The number of rotatable bonds is 5. The Bertz CT molecular complexity index is 1560. The van der Waals surface area contributed by atoms with E-state index >= 15 is 0 Å². The highest BCUT2D eigenvalue weighted by molar-refractivity contribution is 5.98. The molecule has 0 bridgehead atoms. The molecule has 0 radical (unpaired) electrons. The van der Waals surface area contributed by atoms with Crippen molar-refractivity contribution in [3.8, 4) is 28.6 Å². The van der Waals surface area contributed by atoms with Gasteiger partial charge in [-0.25, -0.2) is 8.78 Å². The number of halogens is 2. The quantitative estimate of drug-likeness (QED) is 0.328. The first-order valence-electron chi connectivity index (χ1n) is 11.7. The summed E-state index contributed by atoms with van der Waals surface area (Å²) in [5.41, 5.74) is 0.0565. The summed E-state index contributed by atoms with van der Waals surface area (Å²) < 4.78 is 33.7. The molecule has 4 aromatic rings. The number of aromatic hydroxyl groups is 3. The summed E-state index contributed by atoms with van der Waals surface area (Å²) in [4.78, 5) is 28.3. The van der Waals surface area contributed by atoms with E-state index in [-0.39, 0.29) is 45.9 Å². The molecule has 0 amide bonds. The van der Waals surface area contributed by atoms with Crippen LogP contribution in [0.4, 0.5) is 8.78 Å². The van der Waals surface area contributed by atoms with E-state index in [1.165, 1.54) is 30.3 Å². The molecular formula is C28H23F2NO6. The Balaban J connectivity index is 1.45. The first-order chi connectivity index (χ1) is 17.7. The summed E-state index contributed by atoms with van der Waals surface area (Å²) in [6, 6.07) is 11.9. The van der Waals surface area contributed by atoms with Crippen LogP contribution in [0, 0.1) is 17.6 Å². The maximum Gasteiger partial charge on any atom is 0.201 e. The van der Waals surface area contributed by atoms with Crippen LogP contribution in [0.3, 0.4) is 0 Å². The average Bonchev–Trinajstić information content (AvgIpc) is 2.87. The van der Waals surface area contributed by atoms with E-state index in [0.717, 1.165) is 12.1 Å². The van der Waals surface area contributed by atoms with Crippen molar-refractivity contribution in [1.29, 1.82) is 0 Å². The van der Waals surface area contributed by atoms with E-state index in [1.807, 2.05) is 4.90 Å². The van der Waals surface area contributed by atoms with Crippen molar-refractivity contribution < 1.29 is 33.3 Å². The molecule has 37 heavy (non-hydrogen) atoms. The van der Waals surface area contributed by atoms with Crippen molar-refractivity contribution >= 4 is 16.8 Å². The van der Waals surface area contributed by atoms with Crippen LogP contribution in [0.25, 0.3) is 22.3 Å². The van der Waals surface area contributed by atoms with Gasteiger partial charge in [-0.1, -0.05) is 6.07 Å². The number of benzene rings is 3. The summed E-state index contributed by atoms with van der Waals surface area (Å²) in [7, 11) is 0. The van der Waals surface area contributed by atoms with Crippen LogP contribution in [0.1, 0.15) is 28.8 Å². The lowest BCUT2D eigenvalue weighted by Crippen LogP contribution is -2.37. The Morgan fingerprint density at radius 1 is 0.973 bits per heavy atom. The number of piperidine rings is 1. The molecule has 1 aromatic heterocycles. The molecule has 9 heteroatoms. The predicted molar refractivity (Wildman–Crippen MR) is 132 cm³/mol. The molecule has 7 nitrogen and oxygen atoms in total. The van der Waals surface area contributed by atoms with Gasteiger partial charge >= 0.3 is 0 Å². The molecule has 0 saturated carbocycles. The molecule has 5 rings (SSSR count). The van der Waals surface area contributed by atoms with Gasteiger partial charge in [0, 0.05) is 30.2 Å². The van der Waals surface area contributed by atoms with Gasteiger partial charge < -0.3 is 19.7 Å². The molecular weight excluding hydrogens is 484 g/mol. The van der Waals surface area contributed by atoms with Crippen molar-refractivity contribution in [3.05, 3.63) is 87.6 Å². The molecule has 1 saturated heterocycles. The maximum atomic E-state index is 14.1. The van der Waals surface area contributed by atoms with Crippen LogP contribution in [0.5, 0.6) is 17.2 Å². The van der Waals surface area contributed by atoms with E-state index in [2.05, 4.69) is 0 Å². The minimum absolute atomic E-state index is 0.00995. The molecule has 1 aliphatic heterocycles. The topological polar surface area (TPSA) is 111 Å². The van der Waals surface area contributed by atoms with Crippen LogP contribution in [-0.2, 0) is 6.54 Å². The Kier molecular flexibility index (Phi) is 6.39. The second kappa shape index (κ2) is 9.67. The van der Waals surface area contributed by atoms with Gasteiger partial charge in [-0.15, -0.1) is 0 Å². The fraction of sp³-hybridized carbons (Fsp3) is 0.214. The molecule has 190 valence electrons. The van der Waals surface area contributed by atoms with Gasteiger partial charge in [0.2, 0.25) is 5.43 Å². The van der Waals surface area contributed by atoms with Crippen LogP contribution >= 0.6 is 0 Å². The first kappa shape index (κ1) is 24.5. The summed E-state index contributed by atoms with van der Waals surface area (Å²) in [6.07, 6.45) is 0.780. The zero-order chi connectivity index (χ0) is 26.3. The van der Waals surface area contributed by atoms with E-state index in [0.29, 0.717) is 31.5 Å². The van der Waals surface area contributed by atoms with Gasteiger partial charge in [0.05, 0.1) is 11.1 Å². The van der Waals surface area contributed by atoms with E-state index in [9.17, 15) is 33.7 Å². The lowest BCUT2D eigenvalue weighted by molar-refractivity contribution is 0.0829. The number of phenolic OH excluding ortho intramolecular Hbond substituents is 3. The Labute approximate surface area is 209 Å². The summed E-state index contributed by atoms with van der Waals surface area (Å²) in [5, 5.41) is 29.8. The number of nitrogens with zero attached hydrogens (tertiary/aromatic N) is 1. The number of carbonyl (C=O) groups excluding carboxylic acids is 1. The van der Waals surface area contributed by atoms with Gasteiger partial charge in [0.25, 0.3) is 0 Å². The van der Waals surface area contributed by atoms with Gasteiger partial charge in [0.15, 0.2) is 17.4 Å². The lowest BCUT2D eigenvalue weighted by Gasteiger charge is -2.31. The molecule has 0 aliphatic carbocycles. The van der Waals surface area contributed by atoms with E-state index in [1.54, 1.807) is 12.1 Å². The van der Waals surface area contributed by atoms with Crippen molar-refractivity contribution in [3.63, 3.8) is 0 Å². The van der Waals surface area contributed by atoms with Crippen LogP contribution in [0.15, 0.2) is 63.8 Å². The number of carbonyl (C=O) groups is 1. The second-order valence-corrected chi connectivity index (χ2v) is 9.14. The zero-order valence-electron chi connectivity index (χ0n) is 19.6. The Morgan fingerprint density at radius 2 is 1.68 bits per heavy atom. The lowest BCUT2D eigenvalue weighted by atomic mass is 9.88. The fourth-order valence-electron chi connectivity index (χ4n) is 4.80. The summed E-state index contributed by atoms with van der Waals surface area (Å²) in [6.45, 7) is 0.979. The number of likely N-dealkylation sites (tertiary alicyclic amines) is 1. The minimum Gasteiger partial charge on any atom is -0.508 e. The highest BCUT2D eigenvalue weighted by atomic mass is 19.2. The maximum absolute atomic E-state index is 14.1. The molecule has 0 unspecified atom stereocenters. The Morgan fingerprint density at radius 3 is 2.38 bits per heavy atom. The van der Waals surface area contributed by atoms with E-state index in [4.69, 9.17) is 4.42 Å². The third kappa shape index (κ3) is 4.65. The van der Waals surface area contributed by atoms with Gasteiger partial charge in [0.1, 0.15) is 34.0 Å². The van der Waals surface area contributed by atoms with E-state index < -0.39 is 34.5 Å². The molecule has 2 heterocycles. The minimum atomic E-state index is -1.15. The average molecular weight is 507 g/mol.